The first-order valence-corrected chi connectivity index (χ1v) is 6.22. The van der Waals surface area contributed by atoms with Crippen molar-refractivity contribution in [3.8, 4) is 11.6 Å². The van der Waals surface area contributed by atoms with Gasteiger partial charge in [-0.2, -0.15) is 5.10 Å². The minimum absolute atomic E-state index is 0.309. The number of H-pyrrole nitrogens is 1. The first-order valence-electron chi connectivity index (χ1n) is 6.22. The quantitative estimate of drug-likeness (QED) is 0.692. The predicted molar refractivity (Wildman–Crippen MR) is 78.9 cm³/mol. The lowest BCUT2D eigenvalue weighted by Crippen LogP contribution is -2.10. The Morgan fingerprint density at radius 2 is 2.14 bits per heavy atom. The van der Waals surface area contributed by atoms with Gasteiger partial charge in [0, 0.05) is 31.9 Å². The number of nitrogens with one attached hydrogen (secondary N) is 1. The third-order valence-electron chi connectivity index (χ3n) is 3.01. The van der Waals surface area contributed by atoms with E-state index in [2.05, 4.69) is 15.2 Å². The first kappa shape index (κ1) is 13.0. The van der Waals surface area contributed by atoms with Gasteiger partial charge in [-0.3, -0.25) is 0 Å². The van der Waals surface area contributed by atoms with Crippen LogP contribution in [0, 0.1) is 0 Å². The van der Waals surface area contributed by atoms with E-state index >= 15 is 0 Å². The lowest BCUT2D eigenvalue weighted by molar-refractivity contribution is 0.464. The predicted octanol–water partition coefficient (Wildman–Crippen LogP) is 0.858. The van der Waals surface area contributed by atoms with Crippen molar-refractivity contribution < 1.29 is 4.74 Å². The maximum Gasteiger partial charge on any atom is 0.348 e. The first-order chi connectivity index (χ1) is 10.0. The minimum atomic E-state index is -0.349. The van der Waals surface area contributed by atoms with E-state index in [-0.39, 0.29) is 5.69 Å². The molecular formula is C13H14N6O2. The van der Waals surface area contributed by atoms with Crippen LogP contribution in [0.5, 0.6) is 11.6 Å². The summed E-state index contributed by atoms with van der Waals surface area (Å²) in [6.07, 6.45) is 1.35. The second-order valence-corrected chi connectivity index (χ2v) is 4.70. The Balaban J connectivity index is 1.97. The fourth-order valence-corrected chi connectivity index (χ4v) is 1.85. The van der Waals surface area contributed by atoms with Crippen LogP contribution >= 0.6 is 0 Å². The van der Waals surface area contributed by atoms with Crippen LogP contribution in [0.1, 0.15) is 0 Å². The Morgan fingerprint density at radius 3 is 2.90 bits per heavy atom. The highest BCUT2D eigenvalue weighted by Gasteiger charge is 2.08. The smallest absolute Gasteiger partial charge is 0.348 e. The van der Waals surface area contributed by atoms with Crippen LogP contribution in [0.25, 0.3) is 5.65 Å². The topological polar surface area (TPSA) is 102 Å². The minimum Gasteiger partial charge on any atom is -0.437 e. The van der Waals surface area contributed by atoms with E-state index in [4.69, 9.17) is 10.5 Å². The molecule has 2 aromatic heterocycles. The van der Waals surface area contributed by atoms with Crippen molar-refractivity contribution in [2.45, 2.75) is 0 Å². The highest BCUT2D eigenvalue weighted by molar-refractivity contribution is 5.62. The van der Waals surface area contributed by atoms with Gasteiger partial charge in [0.1, 0.15) is 6.33 Å². The molecular weight excluding hydrogens is 272 g/mol. The molecule has 0 fully saturated rings. The summed E-state index contributed by atoms with van der Waals surface area (Å²) in [7, 11) is 3.85. The maximum atomic E-state index is 11.4. The SMILES string of the molecule is CN(C)c1ccc(N)c(Oc2cc3n[nH]c(=O)n3cn2)c1. The van der Waals surface area contributed by atoms with Gasteiger partial charge in [0.25, 0.3) is 0 Å². The van der Waals surface area contributed by atoms with Gasteiger partial charge in [-0.25, -0.2) is 19.3 Å². The lowest BCUT2D eigenvalue weighted by atomic mass is 10.2. The number of hydrogen-bond acceptors (Lipinski definition) is 6. The van der Waals surface area contributed by atoms with Gasteiger partial charge in [-0.1, -0.05) is 0 Å². The zero-order chi connectivity index (χ0) is 15.0. The molecule has 2 heterocycles. The van der Waals surface area contributed by atoms with E-state index in [1.807, 2.05) is 31.1 Å². The highest BCUT2D eigenvalue weighted by atomic mass is 16.5. The van der Waals surface area contributed by atoms with E-state index in [9.17, 15) is 4.79 Å². The molecule has 0 saturated carbocycles. The molecule has 3 N–H and O–H groups in total. The highest BCUT2D eigenvalue weighted by Crippen LogP contribution is 2.30. The number of anilines is 2. The molecule has 21 heavy (non-hydrogen) atoms. The molecule has 3 aromatic rings. The Labute approximate surface area is 119 Å². The zero-order valence-corrected chi connectivity index (χ0v) is 11.6. The van der Waals surface area contributed by atoms with E-state index in [1.54, 1.807) is 12.1 Å². The van der Waals surface area contributed by atoms with Gasteiger partial charge in [0.15, 0.2) is 11.4 Å². The zero-order valence-electron chi connectivity index (χ0n) is 11.6. The number of rotatable bonds is 3. The fraction of sp³-hybridized carbons (Fsp3) is 0.154. The van der Waals surface area contributed by atoms with Crippen molar-refractivity contribution in [3.63, 3.8) is 0 Å². The van der Waals surface area contributed by atoms with Gasteiger partial charge >= 0.3 is 5.69 Å². The van der Waals surface area contributed by atoms with Crippen molar-refractivity contribution in [1.29, 1.82) is 0 Å². The van der Waals surface area contributed by atoms with Crippen molar-refractivity contribution in [3.05, 3.63) is 41.1 Å². The molecule has 0 aliphatic rings. The molecule has 0 atom stereocenters. The number of nitrogens with zero attached hydrogens (tertiary/aromatic N) is 4. The van der Waals surface area contributed by atoms with E-state index in [0.29, 0.717) is 23.0 Å². The molecule has 108 valence electrons. The van der Waals surface area contributed by atoms with Crippen LogP contribution in [-0.4, -0.2) is 33.7 Å². The molecule has 0 spiro atoms. The normalized spacial score (nSPS) is 10.8. The molecule has 0 unspecified atom stereocenters. The summed E-state index contributed by atoms with van der Waals surface area (Å²) in [4.78, 5) is 17.4. The molecule has 8 heteroatoms. The summed E-state index contributed by atoms with van der Waals surface area (Å²) in [5.74, 6) is 0.806. The third kappa shape index (κ3) is 2.38. The number of aromatic nitrogens is 4. The number of nitrogen functional groups attached to an aromatic ring is 1. The van der Waals surface area contributed by atoms with Gasteiger partial charge < -0.3 is 15.4 Å². The molecule has 0 aliphatic carbocycles. The molecule has 8 nitrogen and oxygen atoms in total. The Hall–Kier alpha value is -3.03. The number of ether oxygens (including phenoxy) is 1. The molecule has 0 bridgehead atoms. The second kappa shape index (κ2) is 4.82. The third-order valence-corrected chi connectivity index (χ3v) is 3.01. The number of aromatic amines is 1. The van der Waals surface area contributed by atoms with Gasteiger partial charge in [0.05, 0.1) is 5.69 Å². The molecule has 3 rings (SSSR count). The largest absolute Gasteiger partial charge is 0.437 e. The molecule has 0 amide bonds. The van der Waals surface area contributed by atoms with Crippen LogP contribution < -0.4 is 21.1 Å². The van der Waals surface area contributed by atoms with Crippen LogP contribution in [0.15, 0.2) is 35.4 Å². The molecule has 0 aliphatic heterocycles. The van der Waals surface area contributed by atoms with Gasteiger partial charge in [0.2, 0.25) is 5.88 Å². The number of hydrogen-bond donors (Lipinski definition) is 2. The number of fused-ring (bicyclic) bond motifs is 1. The standard InChI is InChI=1S/C13H14N6O2/c1-18(2)8-3-4-9(14)10(5-8)21-12-6-11-16-17-13(20)19(11)7-15-12/h3-7H,14H2,1-2H3,(H,17,20). The average molecular weight is 286 g/mol. The molecule has 0 radical (unpaired) electrons. The van der Waals surface area contributed by atoms with Crippen LogP contribution in [0.2, 0.25) is 0 Å². The average Bonchev–Trinajstić information content (AvgIpc) is 2.82. The molecule has 0 saturated heterocycles. The van der Waals surface area contributed by atoms with Crippen LogP contribution in [0.4, 0.5) is 11.4 Å². The lowest BCUT2D eigenvalue weighted by Gasteiger charge is -2.15. The van der Waals surface area contributed by atoms with Gasteiger partial charge in [-0.05, 0) is 12.1 Å². The monoisotopic (exact) mass is 286 g/mol. The maximum absolute atomic E-state index is 11.4. The van der Waals surface area contributed by atoms with Crippen molar-refractivity contribution in [1.82, 2.24) is 19.6 Å². The Bertz CT molecular complexity index is 851. The summed E-state index contributed by atoms with van der Waals surface area (Å²) < 4.78 is 6.97. The van der Waals surface area contributed by atoms with Crippen molar-refractivity contribution in [2.75, 3.05) is 24.7 Å². The Morgan fingerprint density at radius 1 is 1.33 bits per heavy atom. The second-order valence-electron chi connectivity index (χ2n) is 4.70. The Kier molecular flexibility index (Phi) is 2.98. The van der Waals surface area contributed by atoms with E-state index < -0.39 is 0 Å². The van der Waals surface area contributed by atoms with Gasteiger partial charge in [-0.15, -0.1) is 0 Å². The van der Waals surface area contributed by atoms with Crippen molar-refractivity contribution in [2.24, 2.45) is 0 Å². The molecule has 1 aromatic carbocycles. The summed E-state index contributed by atoms with van der Waals surface area (Å²) in [5, 5.41) is 6.19. The number of benzene rings is 1. The van der Waals surface area contributed by atoms with Crippen molar-refractivity contribution >= 4 is 17.0 Å². The summed E-state index contributed by atoms with van der Waals surface area (Å²) in [5.41, 5.74) is 7.44. The van der Waals surface area contributed by atoms with Crippen LogP contribution in [0.3, 0.4) is 0 Å². The van der Waals surface area contributed by atoms with Crippen LogP contribution in [-0.2, 0) is 0 Å². The summed E-state index contributed by atoms with van der Waals surface area (Å²) in [6.45, 7) is 0. The summed E-state index contributed by atoms with van der Waals surface area (Å²) >= 11 is 0. The summed E-state index contributed by atoms with van der Waals surface area (Å²) in [6, 6.07) is 7.03. The van der Waals surface area contributed by atoms with E-state index in [1.165, 1.54) is 10.7 Å². The number of nitrogens with two attached hydrogens (primary N) is 1. The fourth-order valence-electron chi connectivity index (χ4n) is 1.85. The van der Waals surface area contributed by atoms with E-state index in [0.717, 1.165) is 5.69 Å².